The van der Waals surface area contributed by atoms with Crippen LogP contribution in [-0.4, -0.2) is 30.8 Å². The van der Waals surface area contributed by atoms with E-state index in [1.54, 1.807) is 17.0 Å². The topological polar surface area (TPSA) is 73.2 Å². The SMILES string of the molecule is Cn1cc([C@H]2OCC[C@@H]2NS(=O)(=O)C2=Cc3ccccc3CC2)cn1. The Morgan fingerprint density at radius 3 is 2.92 bits per heavy atom. The summed E-state index contributed by atoms with van der Waals surface area (Å²) in [5.41, 5.74) is 3.08. The second-order valence-electron chi connectivity index (χ2n) is 6.56. The van der Waals surface area contributed by atoms with E-state index in [2.05, 4.69) is 9.82 Å². The Balaban J connectivity index is 1.56. The summed E-state index contributed by atoms with van der Waals surface area (Å²) in [5, 5.41) is 4.16. The van der Waals surface area contributed by atoms with E-state index in [9.17, 15) is 8.42 Å². The highest BCUT2D eigenvalue weighted by atomic mass is 32.2. The summed E-state index contributed by atoms with van der Waals surface area (Å²) in [7, 11) is -1.70. The highest BCUT2D eigenvalue weighted by molar-refractivity contribution is 7.93. The molecule has 0 saturated carbocycles. The lowest BCUT2D eigenvalue weighted by molar-refractivity contribution is 0.102. The predicted octanol–water partition coefficient (Wildman–Crippen LogP) is 2.16. The maximum Gasteiger partial charge on any atom is 0.237 e. The summed E-state index contributed by atoms with van der Waals surface area (Å²) in [6, 6.07) is 7.65. The van der Waals surface area contributed by atoms with Crippen LogP contribution >= 0.6 is 0 Å². The third kappa shape index (κ3) is 3.27. The molecule has 1 N–H and O–H groups in total. The van der Waals surface area contributed by atoms with Crippen molar-refractivity contribution < 1.29 is 13.2 Å². The van der Waals surface area contributed by atoms with E-state index in [0.29, 0.717) is 24.4 Å². The number of hydrogen-bond donors (Lipinski definition) is 1. The van der Waals surface area contributed by atoms with Gasteiger partial charge in [0, 0.05) is 25.4 Å². The highest BCUT2D eigenvalue weighted by Crippen LogP contribution is 2.32. The van der Waals surface area contributed by atoms with Crippen molar-refractivity contribution >= 4 is 16.1 Å². The van der Waals surface area contributed by atoms with Gasteiger partial charge in [0.05, 0.1) is 17.1 Å². The third-order valence-corrected chi connectivity index (χ3v) is 6.43. The number of hydrogen-bond acceptors (Lipinski definition) is 4. The molecule has 2 aromatic rings. The summed E-state index contributed by atoms with van der Waals surface area (Å²) in [5.74, 6) is 0. The van der Waals surface area contributed by atoms with Crippen LogP contribution in [0.15, 0.2) is 41.6 Å². The van der Waals surface area contributed by atoms with Crippen LogP contribution in [0.3, 0.4) is 0 Å². The number of benzene rings is 1. The van der Waals surface area contributed by atoms with Crippen LogP contribution in [0.2, 0.25) is 0 Å². The van der Waals surface area contributed by atoms with Gasteiger partial charge in [0.25, 0.3) is 0 Å². The first kappa shape index (κ1) is 16.5. The van der Waals surface area contributed by atoms with Crippen molar-refractivity contribution in [3.05, 3.63) is 58.3 Å². The summed E-state index contributed by atoms with van der Waals surface area (Å²) in [6.07, 6.45) is 7.02. The number of ether oxygens (including phenoxy) is 1. The van der Waals surface area contributed by atoms with E-state index < -0.39 is 10.0 Å². The molecule has 7 heteroatoms. The van der Waals surface area contributed by atoms with E-state index in [-0.39, 0.29) is 12.1 Å². The van der Waals surface area contributed by atoms with Crippen LogP contribution in [-0.2, 0) is 28.2 Å². The summed E-state index contributed by atoms with van der Waals surface area (Å²) in [6.45, 7) is 0.536. The lowest BCUT2D eigenvalue weighted by Crippen LogP contribution is -2.37. The van der Waals surface area contributed by atoms with Crippen LogP contribution in [0.1, 0.15) is 35.6 Å². The monoisotopic (exact) mass is 359 g/mol. The molecule has 0 unspecified atom stereocenters. The van der Waals surface area contributed by atoms with Gasteiger partial charge in [0.15, 0.2) is 0 Å². The lowest BCUT2D eigenvalue weighted by atomic mass is 9.98. The normalized spacial score (nSPS) is 23.3. The van der Waals surface area contributed by atoms with Crippen molar-refractivity contribution in [1.29, 1.82) is 0 Å². The van der Waals surface area contributed by atoms with Crippen molar-refractivity contribution in [2.24, 2.45) is 7.05 Å². The molecule has 1 fully saturated rings. The average Bonchev–Trinajstić information content (AvgIpc) is 3.22. The molecule has 2 aliphatic rings. The molecule has 1 saturated heterocycles. The van der Waals surface area contributed by atoms with Crippen molar-refractivity contribution in [3.63, 3.8) is 0 Å². The van der Waals surface area contributed by atoms with Crippen molar-refractivity contribution in [1.82, 2.24) is 14.5 Å². The van der Waals surface area contributed by atoms with Gasteiger partial charge in [-0.2, -0.15) is 5.10 Å². The van der Waals surface area contributed by atoms with E-state index in [0.717, 1.165) is 17.5 Å². The minimum absolute atomic E-state index is 0.271. The maximum atomic E-state index is 12.9. The number of aryl methyl sites for hydroxylation is 2. The second kappa shape index (κ2) is 6.40. The van der Waals surface area contributed by atoms with Crippen molar-refractivity contribution in [2.75, 3.05) is 6.61 Å². The molecule has 4 rings (SSSR count). The minimum Gasteiger partial charge on any atom is -0.372 e. The number of allylic oxidation sites excluding steroid dienone is 1. The Morgan fingerprint density at radius 1 is 1.28 bits per heavy atom. The van der Waals surface area contributed by atoms with E-state index in [4.69, 9.17) is 4.74 Å². The van der Waals surface area contributed by atoms with Crippen LogP contribution in [0.5, 0.6) is 0 Å². The zero-order valence-electron chi connectivity index (χ0n) is 14.1. The van der Waals surface area contributed by atoms with Crippen LogP contribution in [0.25, 0.3) is 6.08 Å². The molecule has 1 aliphatic carbocycles. The van der Waals surface area contributed by atoms with Crippen LogP contribution in [0, 0.1) is 0 Å². The average molecular weight is 359 g/mol. The Labute approximate surface area is 147 Å². The number of sulfonamides is 1. The molecule has 132 valence electrons. The van der Waals surface area contributed by atoms with Gasteiger partial charge < -0.3 is 4.74 Å². The lowest BCUT2D eigenvalue weighted by Gasteiger charge is -2.22. The summed E-state index contributed by atoms with van der Waals surface area (Å²) in [4.78, 5) is 0.447. The fourth-order valence-electron chi connectivity index (χ4n) is 3.52. The number of rotatable bonds is 4. The molecule has 0 radical (unpaired) electrons. The fraction of sp³-hybridized carbons (Fsp3) is 0.389. The Kier molecular flexibility index (Phi) is 4.23. The van der Waals surface area contributed by atoms with Gasteiger partial charge in [-0.3, -0.25) is 4.68 Å². The van der Waals surface area contributed by atoms with Gasteiger partial charge in [-0.05, 0) is 36.5 Å². The molecular weight excluding hydrogens is 338 g/mol. The zero-order chi connectivity index (χ0) is 17.4. The maximum absolute atomic E-state index is 12.9. The van der Waals surface area contributed by atoms with E-state index in [1.165, 1.54) is 5.56 Å². The number of nitrogens with one attached hydrogen (secondary N) is 1. The molecule has 1 aliphatic heterocycles. The Morgan fingerprint density at radius 2 is 2.12 bits per heavy atom. The first-order valence-corrected chi connectivity index (χ1v) is 9.92. The predicted molar refractivity (Wildman–Crippen MR) is 95.1 cm³/mol. The zero-order valence-corrected chi connectivity index (χ0v) is 14.9. The molecule has 0 bridgehead atoms. The smallest absolute Gasteiger partial charge is 0.237 e. The standard InChI is InChI=1S/C18H21N3O3S/c1-21-12-15(11-19-21)18-17(8-9-24-18)20-25(22,23)16-7-6-13-4-2-3-5-14(13)10-16/h2-5,10-12,17-18,20H,6-9H2,1H3/t17-,18+/m0/s1. The second-order valence-corrected chi connectivity index (χ2v) is 8.33. The molecule has 0 amide bonds. The Hall–Kier alpha value is -1.96. The summed E-state index contributed by atoms with van der Waals surface area (Å²) >= 11 is 0. The number of aromatic nitrogens is 2. The first-order valence-electron chi connectivity index (χ1n) is 8.44. The fourth-order valence-corrected chi connectivity index (χ4v) is 4.96. The van der Waals surface area contributed by atoms with Crippen molar-refractivity contribution in [2.45, 2.75) is 31.4 Å². The van der Waals surface area contributed by atoms with Gasteiger partial charge in [-0.25, -0.2) is 13.1 Å². The molecule has 25 heavy (non-hydrogen) atoms. The van der Waals surface area contributed by atoms with Gasteiger partial charge in [0.2, 0.25) is 10.0 Å². The van der Waals surface area contributed by atoms with Gasteiger partial charge in [-0.15, -0.1) is 0 Å². The van der Waals surface area contributed by atoms with Gasteiger partial charge in [0.1, 0.15) is 6.10 Å². The molecule has 2 heterocycles. The van der Waals surface area contributed by atoms with E-state index in [1.807, 2.05) is 37.5 Å². The molecular formula is C18H21N3O3S. The Bertz CT molecular complexity index is 917. The largest absolute Gasteiger partial charge is 0.372 e. The van der Waals surface area contributed by atoms with Crippen molar-refractivity contribution in [3.8, 4) is 0 Å². The van der Waals surface area contributed by atoms with Crippen LogP contribution in [0.4, 0.5) is 0 Å². The van der Waals surface area contributed by atoms with Gasteiger partial charge >= 0.3 is 0 Å². The minimum atomic E-state index is -3.54. The molecule has 0 spiro atoms. The highest BCUT2D eigenvalue weighted by Gasteiger charge is 2.35. The summed E-state index contributed by atoms with van der Waals surface area (Å²) < 4.78 is 36.1. The molecule has 6 nitrogen and oxygen atoms in total. The van der Waals surface area contributed by atoms with Gasteiger partial charge in [-0.1, -0.05) is 24.3 Å². The number of fused-ring (bicyclic) bond motifs is 1. The quantitative estimate of drug-likeness (QED) is 0.908. The van der Waals surface area contributed by atoms with Crippen LogP contribution < -0.4 is 4.72 Å². The molecule has 1 aromatic carbocycles. The number of nitrogens with zero attached hydrogens (tertiary/aromatic N) is 2. The third-order valence-electron chi connectivity index (χ3n) is 4.81. The van der Waals surface area contributed by atoms with E-state index >= 15 is 0 Å². The molecule has 2 atom stereocenters. The first-order chi connectivity index (χ1) is 12.0. The molecule has 1 aromatic heterocycles.